The molecule has 2 saturated heterocycles. The summed E-state index contributed by atoms with van der Waals surface area (Å²) in [6.45, 7) is 2.27. The predicted molar refractivity (Wildman–Crippen MR) is 53.3 cm³/mol. The molecule has 3 aliphatic rings. The molecule has 15 heavy (non-hydrogen) atoms. The molecule has 4 nitrogen and oxygen atoms in total. The Morgan fingerprint density at radius 3 is 2.47 bits per heavy atom. The van der Waals surface area contributed by atoms with E-state index in [2.05, 4.69) is 0 Å². The van der Waals surface area contributed by atoms with Gasteiger partial charge in [-0.3, -0.25) is 0 Å². The Labute approximate surface area is 89.2 Å². The maximum Gasteiger partial charge on any atom is 0.410 e. The number of fused-ring (bicyclic) bond motifs is 5. The second-order valence-electron chi connectivity index (χ2n) is 4.93. The summed E-state index contributed by atoms with van der Waals surface area (Å²) < 4.78 is 5.07. The number of carbonyl (C=O) groups excluding carboxylic acids is 1. The molecule has 1 N–H and O–H groups in total. The summed E-state index contributed by atoms with van der Waals surface area (Å²) in [5, 5.41) is 9.68. The van der Waals surface area contributed by atoms with E-state index in [0.717, 1.165) is 12.8 Å². The number of nitrogens with zero attached hydrogens (tertiary/aromatic N) is 1. The average Bonchev–Trinajstić information content (AvgIpc) is 2.91. The van der Waals surface area contributed by atoms with Crippen molar-refractivity contribution in [3.63, 3.8) is 0 Å². The third-order valence-corrected chi connectivity index (χ3v) is 4.10. The minimum Gasteiger partial charge on any atom is -0.450 e. The number of piperidine rings is 2. The van der Waals surface area contributed by atoms with E-state index in [1.807, 2.05) is 11.8 Å². The Balaban J connectivity index is 1.78. The number of aliphatic hydroxyl groups is 1. The highest BCUT2D eigenvalue weighted by Gasteiger charge is 2.63. The first-order valence-corrected chi connectivity index (χ1v) is 5.85. The summed E-state index contributed by atoms with van der Waals surface area (Å²) >= 11 is 0. The SMILES string of the molecule is CCOC(=O)N1C2CC(O)CC1[C@@H]1CC21. The largest absolute Gasteiger partial charge is 0.450 e. The lowest BCUT2D eigenvalue weighted by Crippen LogP contribution is -2.50. The second-order valence-corrected chi connectivity index (χ2v) is 4.93. The summed E-state index contributed by atoms with van der Waals surface area (Å²) in [5.74, 6) is 1.30. The highest BCUT2D eigenvalue weighted by atomic mass is 16.6. The smallest absolute Gasteiger partial charge is 0.410 e. The molecule has 0 aromatic carbocycles. The van der Waals surface area contributed by atoms with Crippen LogP contribution in [0.4, 0.5) is 4.79 Å². The van der Waals surface area contributed by atoms with Crippen LogP contribution >= 0.6 is 0 Å². The van der Waals surface area contributed by atoms with Gasteiger partial charge in [0.25, 0.3) is 0 Å². The van der Waals surface area contributed by atoms with Crippen LogP contribution in [-0.4, -0.2) is 40.9 Å². The quantitative estimate of drug-likeness (QED) is 0.703. The fraction of sp³-hybridized carbons (Fsp3) is 0.909. The molecule has 1 saturated carbocycles. The van der Waals surface area contributed by atoms with Gasteiger partial charge in [0.2, 0.25) is 0 Å². The van der Waals surface area contributed by atoms with Gasteiger partial charge in [-0.1, -0.05) is 0 Å². The van der Waals surface area contributed by atoms with E-state index in [0.29, 0.717) is 18.4 Å². The molecule has 1 amide bonds. The van der Waals surface area contributed by atoms with Crippen molar-refractivity contribution in [2.75, 3.05) is 6.61 Å². The molecule has 0 aromatic rings. The van der Waals surface area contributed by atoms with E-state index in [1.165, 1.54) is 6.42 Å². The van der Waals surface area contributed by atoms with Crippen LogP contribution in [0.15, 0.2) is 0 Å². The summed E-state index contributed by atoms with van der Waals surface area (Å²) in [6, 6.07) is 0.505. The van der Waals surface area contributed by atoms with Crippen molar-refractivity contribution in [3.8, 4) is 0 Å². The molecule has 2 heterocycles. The Bertz CT molecular complexity index is 276. The van der Waals surface area contributed by atoms with Crippen molar-refractivity contribution in [2.24, 2.45) is 11.8 Å². The van der Waals surface area contributed by atoms with Crippen molar-refractivity contribution >= 4 is 6.09 Å². The van der Waals surface area contributed by atoms with Gasteiger partial charge in [0.15, 0.2) is 0 Å². The lowest BCUT2D eigenvalue weighted by atomic mass is 9.96. The lowest BCUT2D eigenvalue weighted by Gasteiger charge is -2.38. The number of aliphatic hydroxyl groups excluding tert-OH is 1. The standard InChI is InChI=1S/C11H17NO3/c1-2-15-11(14)12-9-3-6(13)4-10(12)8-5-7(8)9/h6-10,13H,2-5H2,1H3/t6?,7-,8?,9?,10?/m1/s1. The normalized spacial score (nSPS) is 46.3. The van der Waals surface area contributed by atoms with Gasteiger partial charge in [0.1, 0.15) is 0 Å². The highest BCUT2D eigenvalue weighted by Crippen LogP contribution is 2.58. The number of amides is 1. The van der Waals surface area contributed by atoms with Gasteiger partial charge in [-0.2, -0.15) is 0 Å². The van der Waals surface area contributed by atoms with Crippen molar-refractivity contribution in [2.45, 2.75) is 44.4 Å². The van der Waals surface area contributed by atoms with Crippen LogP contribution in [0.2, 0.25) is 0 Å². The number of rotatable bonds is 1. The molecular formula is C11H17NO3. The van der Waals surface area contributed by atoms with Crippen LogP contribution in [0.5, 0.6) is 0 Å². The van der Waals surface area contributed by atoms with Gasteiger partial charge < -0.3 is 14.7 Å². The molecule has 2 bridgehead atoms. The van der Waals surface area contributed by atoms with E-state index in [9.17, 15) is 9.90 Å². The Kier molecular flexibility index (Phi) is 1.96. The first kappa shape index (κ1) is 9.46. The van der Waals surface area contributed by atoms with Crippen molar-refractivity contribution < 1.29 is 14.6 Å². The minimum atomic E-state index is -0.210. The molecule has 1 aliphatic carbocycles. The first-order chi connectivity index (χ1) is 7.22. The predicted octanol–water partition coefficient (Wildman–Crippen LogP) is 0.987. The van der Waals surface area contributed by atoms with Crippen molar-refractivity contribution in [1.82, 2.24) is 4.90 Å². The molecule has 0 radical (unpaired) electrons. The highest BCUT2D eigenvalue weighted by molar-refractivity contribution is 5.70. The monoisotopic (exact) mass is 211 g/mol. The van der Waals surface area contributed by atoms with Crippen LogP contribution in [0.1, 0.15) is 26.2 Å². The van der Waals surface area contributed by atoms with E-state index in [4.69, 9.17) is 4.74 Å². The van der Waals surface area contributed by atoms with Crippen LogP contribution in [0.25, 0.3) is 0 Å². The average molecular weight is 211 g/mol. The zero-order chi connectivity index (χ0) is 10.6. The molecule has 2 aliphatic heterocycles. The lowest BCUT2D eigenvalue weighted by molar-refractivity contribution is 0.0121. The molecule has 3 fully saturated rings. The van der Waals surface area contributed by atoms with Crippen LogP contribution in [0.3, 0.4) is 0 Å². The zero-order valence-electron chi connectivity index (χ0n) is 8.93. The third-order valence-electron chi connectivity index (χ3n) is 4.10. The Morgan fingerprint density at radius 2 is 1.93 bits per heavy atom. The van der Waals surface area contributed by atoms with Gasteiger partial charge in [-0.05, 0) is 38.0 Å². The van der Waals surface area contributed by atoms with Gasteiger partial charge >= 0.3 is 6.09 Å². The van der Waals surface area contributed by atoms with E-state index >= 15 is 0 Å². The maximum absolute atomic E-state index is 11.8. The topological polar surface area (TPSA) is 49.8 Å². The first-order valence-electron chi connectivity index (χ1n) is 5.85. The van der Waals surface area contributed by atoms with Crippen molar-refractivity contribution in [1.29, 1.82) is 0 Å². The van der Waals surface area contributed by atoms with E-state index < -0.39 is 0 Å². The van der Waals surface area contributed by atoms with Gasteiger partial charge in [-0.15, -0.1) is 0 Å². The molecule has 4 heteroatoms. The fourth-order valence-electron chi connectivity index (χ4n) is 3.48. The molecular weight excluding hydrogens is 194 g/mol. The number of hydrogen-bond acceptors (Lipinski definition) is 3. The van der Waals surface area contributed by atoms with E-state index in [-0.39, 0.29) is 24.3 Å². The molecule has 84 valence electrons. The number of hydrogen-bond donors (Lipinski definition) is 1. The van der Waals surface area contributed by atoms with Gasteiger partial charge in [-0.25, -0.2) is 4.79 Å². The van der Waals surface area contributed by atoms with Gasteiger partial charge in [0, 0.05) is 12.1 Å². The third kappa shape index (κ3) is 1.27. The van der Waals surface area contributed by atoms with Crippen LogP contribution < -0.4 is 0 Å². The van der Waals surface area contributed by atoms with Gasteiger partial charge in [0.05, 0.1) is 12.7 Å². The second kappa shape index (κ2) is 3.11. The Hall–Kier alpha value is -0.770. The minimum absolute atomic E-state index is 0.174. The number of carbonyl (C=O) groups is 1. The molecule has 4 unspecified atom stereocenters. The number of ether oxygens (including phenoxy) is 1. The summed E-state index contributed by atoms with van der Waals surface area (Å²) in [7, 11) is 0. The molecule has 5 atom stereocenters. The van der Waals surface area contributed by atoms with E-state index in [1.54, 1.807) is 0 Å². The maximum atomic E-state index is 11.8. The fourth-order valence-corrected chi connectivity index (χ4v) is 3.48. The molecule has 0 aromatic heterocycles. The summed E-state index contributed by atoms with van der Waals surface area (Å²) in [6.07, 6.45) is 2.36. The van der Waals surface area contributed by atoms with Crippen molar-refractivity contribution in [3.05, 3.63) is 0 Å². The Morgan fingerprint density at radius 1 is 1.33 bits per heavy atom. The molecule has 0 spiro atoms. The molecule has 3 rings (SSSR count). The van der Waals surface area contributed by atoms with Crippen LogP contribution in [-0.2, 0) is 4.74 Å². The zero-order valence-corrected chi connectivity index (χ0v) is 8.93. The summed E-state index contributed by atoms with van der Waals surface area (Å²) in [5.41, 5.74) is 0. The van der Waals surface area contributed by atoms with Crippen LogP contribution in [0, 0.1) is 11.8 Å². The summed E-state index contributed by atoms with van der Waals surface area (Å²) in [4.78, 5) is 13.7.